The van der Waals surface area contributed by atoms with Crippen molar-refractivity contribution in [3.8, 4) is 5.75 Å². The molecular formula is C11H14ClNO2. The lowest BCUT2D eigenvalue weighted by atomic mass is 10.3. The van der Waals surface area contributed by atoms with Crippen LogP contribution in [0.15, 0.2) is 24.3 Å². The van der Waals surface area contributed by atoms with E-state index in [0.29, 0.717) is 6.61 Å². The van der Waals surface area contributed by atoms with E-state index in [2.05, 4.69) is 0 Å². The van der Waals surface area contributed by atoms with Crippen molar-refractivity contribution < 1.29 is 9.53 Å². The fraction of sp³-hybridized carbons (Fsp3) is 0.364. The zero-order valence-electron chi connectivity index (χ0n) is 8.87. The molecule has 0 fully saturated rings. The molecule has 0 atom stereocenters. The van der Waals surface area contributed by atoms with Gasteiger partial charge in [0.2, 0.25) is 5.24 Å². The number of carbonyl (C=O) groups excluding carboxylic acids is 1. The Labute approximate surface area is 94.6 Å². The molecule has 0 amide bonds. The van der Waals surface area contributed by atoms with E-state index in [1.54, 1.807) is 0 Å². The Bertz CT molecular complexity index is 339. The van der Waals surface area contributed by atoms with Gasteiger partial charge in [0, 0.05) is 25.8 Å². The summed E-state index contributed by atoms with van der Waals surface area (Å²) in [4.78, 5) is 12.5. The Kier molecular flexibility index (Phi) is 4.43. The van der Waals surface area contributed by atoms with Crippen LogP contribution in [0.2, 0.25) is 0 Å². The summed E-state index contributed by atoms with van der Waals surface area (Å²) in [5.41, 5.74) is 1.06. The second kappa shape index (κ2) is 5.61. The highest BCUT2D eigenvalue weighted by Crippen LogP contribution is 2.19. The third-order valence-corrected chi connectivity index (χ3v) is 2.09. The van der Waals surface area contributed by atoms with Crippen molar-refractivity contribution in [2.75, 3.05) is 25.6 Å². The summed E-state index contributed by atoms with van der Waals surface area (Å²) in [5, 5.41) is -0.376. The fourth-order valence-corrected chi connectivity index (χ4v) is 1.18. The molecule has 0 saturated heterocycles. The largest absolute Gasteiger partial charge is 0.493 e. The van der Waals surface area contributed by atoms with Gasteiger partial charge in [0.25, 0.3) is 0 Å². The lowest BCUT2D eigenvalue weighted by molar-refractivity contribution is -0.112. The van der Waals surface area contributed by atoms with E-state index in [1.165, 1.54) is 0 Å². The van der Waals surface area contributed by atoms with Gasteiger partial charge in [-0.1, -0.05) is 6.07 Å². The number of hydrogen-bond acceptors (Lipinski definition) is 3. The quantitative estimate of drug-likeness (QED) is 0.723. The standard InChI is InChI=1S/C11H14ClNO2/c1-13(2)9-4-3-5-10(8-9)15-7-6-11(12)14/h3-5,8H,6-7H2,1-2H3. The third kappa shape index (κ3) is 4.21. The van der Waals surface area contributed by atoms with Crippen LogP contribution in [-0.2, 0) is 4.79 Å². The van der Waals surface area contributed by atoms with Crippen LogP contribution in [0.1, 0.15) is 6.42 Å². The zero-order valence-corrected chi connectivity index (χ0v) is 9.62. The van der Waals surface area contributed by atoms with E-state index in [-0.39, 0.29) is 11.7 Å². The molecule has 0 aliphatic rings. The van der Waals surface area contributed by atoms with E-state index >= 15 is 0 Å². The Morgan fingerprint density at radius 1 is 1.47 bits per heavy atom. The molecule has 15 heavy (non-hydrogen) atoms. The smallest absolute Gasteiger partial charge is 0.225 e. The van der Waals surface area contributed by atoms with Crippen LogP contribution in [0.5, 0.6) is 5.75 Å². The van der Waals surface area contributed by atoms with E-state index in [9.17, 15) is 4.79 Å². The molecule has 4 heteroatoms. The van der Waals surface area contributed by atoms with Crippen LogP contribution in [0.25, 0.3) is 0 Å². The van der Waals surface area contributed by atoms with Gasteiger partial charge < -0.3 is 9.64 Å². The molecule has 0 bridgehead atoms. The maximum Gasteiger partial charge on any atom is 0.225 e. The number of halogens is 1. The molecule has 82 valence electrons. The lowest BCUT2D eigenvalue weighted by Gasteiger charge is -2.13. The maximum atomic E-state index is 10.5. The lowest BCUT2D eigenvalue weighted by Crippen LogP contribution is -2.08. The molecule has 3 nitrogen and oxygen atoms in total. The van der Waals surface area contributed by atoms with Gasteiger partial charge in [-0.15, -0.1) is 0 Å². The number of nitrogens with zero attached hydrogens (tertiary/aromatic N) is 1. The topological polar surface area (TPSA) is 29.5 Å². The summed E-state index contributed by atoms with van der Waals surface area (Å²) in [7, 11) is 3.92. The van der Waals surface area contributed by atoms with E-state index in [1.807, 2.05) is 43.3 Å². The van der Waals surface area contributed by atoms with Crippen LogP contribution in [-0.4, -0.2) is 25.9 Å². The maximum absolute atomic E-state index is 10.5. The molecule has 1 rings (SSSR count). The van der Waals surface area contributed by atoms with Crippen molar-refractivity contribution in [1.29, 1.82) is 0 Å². The van der Waals surface area contributed by atoms with Gasteiger partial charge in [-0.3, -0.25) is 4.79 Å². The first kappa shape index (κ1) is 11.9. The average molecular weight is 228 g/mol. The van der Waals surface area contributed by atoms with Crippen molar-refractivity contribution >= 4 is 22.5 Å². The van der Waals surface area contributed by atoms with Gasteiger partial charge in [-0.05, 0) is 23.7 Å². The van der Waals surface area contributed by atoms with Crippen LogP contribution in [0.3, 0.4) is 0 Å². The Hall–Kier alpha value is -1.22. The van der Waals surface area contributed by atoms with Gasteiger partial charge in [-0.25, -0.2) is 0 Å². The number of hydrogen-bond donors (Lipinski definition) is 0. The van der Waals surface area contributed by atoms with E-state index in [4.69, 9.17) is 16.3 Å². The summed E-state index contributed by atoms with van der Waals surface area (Å²) < 4.78 is 5.38. The Morgan fingerprint density at radius 3 is 2.80 bits per heavy atom. The van der Waals surface area contributed by atoms with Gasteiger partial charge in [-0.2, -0.15) is 0 Å². The summed E-state index contributed by atoms with van der Waals surface area (Å²) in [6.07, 6.45) is 0.230. The summed E-state index contributed by atoms with van der Waals surface area (Å²) in [6, 6.07) is 7.66. The Balaban J connectivity index is 2.54. The zero-order chi connectivity index (χ0) is 11.3. The number of anilines is 1. The van der Waals surface area contributed by atoms with Crippen molar-refractivity contribution in [2.24, 2.45) is 0 Å². The molecule has 0 heterocycles. The molecule has 1 aromatic rings. The number of carbonyl (C=O) groups is 1. The van der Waals surface area contributed by atoms with Crippen LogP contribution in [0.4, 0.5) is 5.69 Å². The second-order valence-electron chi connectivity index (χ2n) is 3.35. The summed E-state index contributed by atoms with van der Waals surface area (Å²) in [5.74, 6) is 0.749. The summed E-state index contributed by atoms with van der Waals surface area (Å²) >= 11 is 5.20. The predicted molar refractivity (Wildman–Crippen MR) is 61.7 cm³/mol. The first-order valence-corrected chi connectivity index (χ1v) is 5.06. The third-order valence-electron chi connectivity index (χ3n) is 1.90. The number of benzene rings is 1. The molecule has 0 unspecified atom stereocenters. The van der Waals surface area contributed by atoms with Gasteiger partial charge in [0.1, 0.15) is 5.75 Å². The molecule has 0 aromatic heterocycles. The molecule has 0 N–H and O–H groups in total. The number of ether oxygens (including phenoxy) is 1. The van der Waals surface area contributed by atoms with Crippen LogP contribution < -0.4 is 9.64 Å². The highest BCUT2D eigenvalue weighted by molar-refractivity contribution is 6.63. The minimum atomic E-state index is -0.376. The molecule has 0 aliphatic carbocycles. The SMILES string of the molecule is CN(C)c1cccc(OCCC(=O)Cl)c1. The van der Waals surface area contributed by atoms with Crippen molar-refractivity contribution in [3.05, 3.63) is 24.3 Å². The highest BCUT2D eigenvalue weighted by Gasteiger charge is 2.00. The molecule has 1 aromatic carbocycles. The monoisotopic (exact) mass is 227 g/mol. The molecule has 0 spiro atoms. The van der Waals surface area contributed by atoms with Crippen molar-refractivity contribution in [2.45, 2.75) is 6.42 Å². The number of rotatable bonds is 5. The van der Waals surface area contributed by atoms with Gasteiger partial charge >= 0.3 is 0 Å². The Morgan fingerprint density at radius 2 is 2.20 bits per heavy atom. The van der Waals surface area contributed by atoms with Crippen molar-refractivity contribution in [3.63, 3.8) is 0 Å². The minimum Gasteiger partial charge on any atom is -0.493 e. The highest BCUT2D eigenvalue weighted by atomic mass is 35.5. The molecule has 0 radical (unpaired) electrons. The fourth-order valence-electron chi connectivity index (χ4n) is 1.10. The second-order valence-corrected chi connectivity index (χ2v) is 3.77. The van der Waals surface area contributed by atoms with Gasteiger partial charge in [0.05, 0.1) is 13.0 Å². The predicted octanol–water partition coefficient (Wildman–Crippen LogP) is 2.29. The summed E-state index contributed by atoms with van der Waals surface area (Å²) in [6.45, 7) is 0.319. The van der Waals surface area contributed by atoms with Gasteiger partial charge in [0.15, 0.2) is 0 Å². The van der Waals surface area contributed by atoms with E-state index in [0.717, 1.165) is 11.4 Å². The van der Waals surface area contributed by atoms with Crippen LogP contribution in [0, 0.1) is 0 Å². The van der Waals surface area contributed by atoms with E-state index < -0.39 is 0 Å². The minimum absolute atomic E-state index is 0.230. The van der Waals surface area contributed by atoms with Crippen molar-refractivity contribution in [1.82, 2.24) is 0 Å². The van der Waals surface area contributed by atoms with Crippen LogP contribution >= 0.6 is 11.6 Å². The first-order valence-electron chi connectivity index (χ1n) is 4.68. The molecule has 0 aliphatic heterocycles. The molecule has 0 saturated carbocycles. The normalized spacial score (nSPS) is 9.80. The first-order chi connectivity index (χ1) is 7.09. The average Bonchev–Trinajstić information content (AvgIpc) is 2.17. The molecular weight excluding hydrogens is 214 g/mol.